The molecule has 2 N–H and O–H groups in total. The van der Waals surface area contributed by atoms with Crippen molar-refractivity contribution >= 4 is 40.0 Å². The fourth-order valence-corrected chi connectivity index (χ4v) is 4.56. The number of rotatable bonds is 7. The smallest absolute Gasteiger partial charge is 0.275 e. The Morgan fingerprint density at radius 1 is 1.12 bits per heavy atom. The van der Waals surface area contributed by atoms with Gasteiger partial charge in [0.15, 0.2) is 0 Å². The maximum Gasteiger partial charge on any atom is 0.275 e. The van der Waals surface area contributed by atoms with Gasteiger partial charge in [-0.05, 0) is 82.1 Å². The molecule has 174 valence electrons. The summed E-state index contributed by atoms with van der Waals surface area (Å²) in [6.07, 6.45) is 2.16. The topological polar surface area (TPSA) is 68.4 Å². The number of nitrogens with one attached hydrogen (secondary N) is 2. The quantitative estimate of drug-likeness (QED) is 0.530. The molecule has 1 aromatic heterocycles. The number of benzene rings is 2. The Morgan fingerprint density at radius 3 is 2.55 bits per heavy atom. The maximum absolute atomic E-state index is 13.4. The zero-order chi connectivity index (χ0) is 23.4. The minimum Gasteiger partial charge on any atom is -0.354 e. The van der Waals surface area contributed by atoms with Crippen LogP contribution in [-0.4, -0.2) is 53.9 Å². The number of aromatic nitrogens is 1. The van der Waals surface area contributed by atoms with Crippen LogP contribution in [0.4, 0.5) is 5.69 Å². The Labute approximate surface area is 199 Å². The first-order chi connectivity index (χ1) is 15.9. The number of amides is 2. The zero-order valence-corrected chi connectivity index (χ0v) is 19.9. The predicted molar refractivity (Wildman–Crippen MR) is 134 cm³/mol. The number of fused-ring (bicyclic) bond motifs is 1. The fourth-order valence-electron chi connectivity index (χ4n) is 4.38. The molecule has 6 nitrogen and oxygen atoms in total. The largest absolute Gasteiger partial charge is 0.354 e. The number of para-hydroxylation sites is 1. The molecule has 2 aromatic carbocycles. The first-order valence-electron chi connectivity index (χ1n) is 11.6. The third-order valence-corrected chi connectivity index (χ3v) is 6.63. The summed E-state index contributed by atoms with van der Waals surface area (Å²) in [7, 11) is 0. The van der Waals surface area contributed by atoms with E-state index in [1.807, 2.05) is 42.5 Å². The lowest BCUT2D eigenvalue weighted by molar-refractivity contribution is -0.120. The van der Waals surface area contributed by atoms with Gasteiger partial charge in [-0.2, -0.15) is 0 Å². The molecule has 0 radical (unpaired) electrons. The first-order valence-corrected chi connectivity index (χ1v) is 11.9. The number of anilines is 1. The summed E-state index contributed by atoms with van der Waals surface area (Å²) in [6, 6.07) is 17.1. The second kappa shape index (κ2) is 10.4. The van der Waals surface area contributed by atoms with Gasteiger partial charge in [-0.15, -0.1) is 0 Å². The lowest BCUT2D eigenvalue weighted by Gasteiger charge is -2.34. The van der Waals surface area contributed by atoms with Gasteiger partial charge in [-0.25, -0.2) is 0 Å². The summed E-state index contributed by atoms with van der Waals surface area (Å²) in [5.41, 5.74) is 1.93. The van der Waals surface area contributed by atoms with Crippen LogP contribution in [0.2, 0.25) is 5.02 Å². The van der Waals surface area contributed by atoms with E-state index in [4.69, 9.17) is 11.6 Å². The molecule has 7 heteroatoms. The van der Waals surface area contributed by atoms with Gasteiger partial charge >= 0.3 is 0 Å². The normalized spacial score (nSPS) is 15.2. The van der Waals surface area contributed by atoms with E-state index >= 15 is 0 Å². The van der Waals surface area contributed by atoms with E-state index in [9.17, 15) is 9.59 Å². The van der Waals surface area contributed by atoms with Crippen molar-refractivity contribution in [2.45, 2.75) is 32.7 Å². The van der Waals surface area contributed by atoms with Crippen LogP contribution in [0.3, 0.4) is 0 Å². The third kappa shape index (κ3) is 5.75. The Morgan fingerprint density at radius 2 is 1.85 bits per heavy atom. The minimum absolute atomic E-state index is 0.0379. The lowest BCUT2D eigenvalue weighted by Crippen LogP contribution is -2.44. The van der Waals surface area contributed by atoms with Crippen molar-refractivity contribution in [3.63, 3.8) is 0 Å². The number of H-pyrrole nitrogens is 1. The molecule has 1 aliphatic rings. The number of hydrogen-bond donors (Lipinski definition) is 2. The number of carbonyl (C=O) groups is 2. The van der Waals surface area contributed by atoms with Crippen molar-refractivity contribution in [3.05, 3.63) is 65.3 Å². The second-order valence-electron chi connectivity index (χ2n) is 9.02. The summed E-state index contributed by atoms with van der Waals surface area (Å²) in [6.45, 7) is 7.18. The van der Waals surface area contributed by atoms with Gasteiger partial charge in [-0.1, -0.05) is 29.8 Å². The molecular weight excluding hydrogens is 436 g/mol. The molecule has 0 unspecified atom stereocenters. The summed E-state index contributed by atoms with van der Waals surface area (Å²) in [5, 5.41) is 4.53. The van der Waals surface area contributed by atoms with Gasteiger partial charge in [0.2, 0.25) is 5.91 Å². The van der Waals surface area contributed by atoms with Gasteiger partial charge in [0.05, 0.1) is 0 Å². The zero-order valence-electron chi connectivity index (χ0n) is 19.2. The van der Waals surface area contributed by atoms with Crippen molar-refractivity contribution in [3.8, 4) is 0 Å². The summed E-state index contributed by atoms with van der Waals surface area (Å²) < 4.78 is 0. The monoisotopic (exact) mass is 466 g/mol. The molecule has 0 aliphatic carbocycles. The molecule has 3 aromatic rings. The second-order valence-corrected chi connectivity index (χ2v) is 9.46. The number of halogens is 1. The van der Waals surface area contributed by atoms with Crippen LogP contribution in [0.5, 0.6) is 0 Å². The third-order valence-electron chi connectivity index (χ3n) is 6.40. The van der Waals surface area contributed by atoms with Crippen molar-refractivity contribution in [2.75, 3.05) is 31.1 Å². The Bertz CT molecular complexity index is 1100. The van der Waals surface area contributed by atoms with Crippen molar-refractivity contribution in [1.29, 1.82) is 0 Å². The van der Waals surface area contributed by atoms with Gasteiger partial charge < -0.3 is 15.2 Å². The molecule has 1 aliphatic heterocycles. The van der Waals surface area contributed by atoms with E-state index in [0.29, 0.717) is 34.9 Å². The molecule has 0 saturated carbocycles. The van der Waals surface area contributed by atoms with Crippen LogP contribution in [0, 0.1) is 5.92 Å². The Balaban J connectivity index is 1.43. The number of carbonyl (C=O) groups excluding carboxylic acids is 2. The Kier molecular flexibility index (Phi) is 7.36. The lowest BCUT2D eigenvalue weighted by atomic mass is 9.96. The van der Waals surface area contributed by atoms with Gasteiger partial charge in [-0.3, -0.25) is 14.5 Å². The molecule has 2 amide bonds. The summed E-state index contributed by atoms with van der Waals surface area (Å²) in [4.78, 5) is 33.4. The van der Waals surface area contributed by atoms with E-state index < -0.39 is 0 Å². The number of hydrogen-bond acceptors (Lipinski definition) is 3. The molecule has 1 saturated heterocycles. The molecule has 33 heavy (non-hydrogen) atoms. The highest BCUT2D eigenvalue weighted by atomic mass is 35.5. The summed E-state index contributed by atoms with van der Waals surface area (Å²) in [5.74, 6) is 0.0647. The van der Waals surface area contributed by atoms with Crippen molar-refractivity contribution in [2.24, 2.45) is 5.92 Å². The van der Waals surface area contributed by atoms with Crippen LogP contribution in [0.25, 0.3) is 10.9 Å². The van der Waals surface area contributed by atoms with Crippen LogP contribution in [0.15, 0.2) is 54.6 Å². The summed E-state index contributed by atoms with van der Waals surface area (Å²) >= 11 is 6.09. The van der Waals surface area contributed by atoms with E-state index in [0.717, 1.165) is 36.8 Å². The van der Waals surface area contributed by atoms with E-state index in [-0.39, 0.29) is 18.4 Å². The average molecular weight is 467 g/mol. The van der Waals surface area contributed by atoms with Crippen molar-refractivity contribution in [1.82, 2.24) is 15.2 Å². The highest BCUT2D eigenvalue weighted by Crippen LogP contribution is 2.23. The number of likely N-dealkylation sites (tertiary alicyclic amines) is 1. The van der Waals surface area contributed by atoms with Gasteiger partial charge in [0, 0.05) is 34.2 Å². The molecule has 2 heterocycles. The van der Waals surface area contributed by atoms with E-state index in [1.165, 1.54) is 4.90 Å². The van der Waals surface area contributed by atoms with E-state index in [2.05, 4.69) is 29.0 Å². The molecule has 0 spiro atoms. The Hall–Kier alpha value is -2.83. The fraction of sp³-hybridized carbons (Fsp3) is 0.385. The van der Waals surface area contributed by atoms with Gasteiger partial charge in [0.1, 0.15) is 12.2 Å². The minimum atomic E-state index is -0.256. The van der Waals surface area contributed by atoms with Crippen LogP contribution in [-0.2, 0) is 4.79 Å². The average Bonchev–Trinajstić information content (AvgIpc) is 3.25. The SMILES string of the molecule is CC(C)N1CCC(CNC(=O)CN(C(=O)c2cc3cc(Cl)ccc3[nH]2)c2ccccc2)CC1. The van der Waals surface area contributed by atoms with Crippen molar-refractivity contribution < 1.29 is 9.59 Å². The van der Waals surface area contributed by atoms with Crippen LogP contribution >= 0.6 is 11.6 Å². The number of aromatic amines is 1. The molecule has 1 fully saturated rings. The number of nitrogens with zero attached hydrogens (tertiary/aromatic N) is 2. The standard InChI is InChI=1S/C26H31ClN4O2/c1-18(2)30-12-10-19(11-13-30)16-28-25(32)17-31(22-6-4-3-5-7-22)26(33)24-15-20-14-21(27)8-9-23(20)29-24/h3-9,14-15,18-19,29H,10-13,16-17H2,1-2H3,(H,28,32). The predicted octanol–water partition coefficient (Wildman–Crippen LogP) is 4.70. The van der Waals surface area contributed by atoms with E-state index in [1.54, 1.807) is 12.1 Å². The molecule has 4 rings (SSSR count). The van der Waals surface area contributed by atoms with Crippen LogP contribution < -0.4 is 10.2 Å². The maximum atomic E-state index is 13.4. The molecule has 0 bridgehead atoms. The van der Waals surface area contributed by atoms with Gasteiger partial charge in [0.25, 0.3) is 5.91 Å². The first kappa shape index (κ1) is 23.3. The highest BCUT2D eigenvalue weighted by molar-refractivity contribution is 6.31. The number of piperidine rings is 1. The van der Waals surface area contributed by atoms with Crippen LogP contribution in [0.1, 0.15) is 37.2 Å². The molecule has 0 atom stereocenters. The molecular formula is C26H31ClN4O2. The highest BCUT2D eigenvalue weighted by Gasteiger charge is 2.24.